The van der Waals surface area contributed by atoms with Crippen molar-refractivity contribution >= 4 is 23.7 Å². The normalized spacial score (nSPS) is 20.2. The van der Waals surface area contributed by atoms with E-state index in [-0.39, 0.29) is 6.61 Å². The average molecular weight is 533 g/mol. The van der Waals surface area contributed by atoms with Gasteiger partial charge in [0.15, 0.2) is 12.2 Å². The van der Waals surface area contributed by atoms with E-state index < -0.39 is 42.3 Å². The summed E-state index contributed by atoms with van der Waals surface area (Å²) in [5.41, 5.74) is 2.92. The highest BCUT2D eigenvalue weighted by Crippen LogP contribution is 2.38. The lowest BCUT2D eigenvalue weighted by molar-refractivity contribution is -0.165. The van der Waals surface area contributed by atoms with Gasteiger partial charge in [-0.1, -0.05) is 66.7 Å². The van der Waals surface area contributed by atoms with Gasteiger partial charge in [0, 0.05) is 45.6 Å². The maximum Gasteiger partial charge on any atom is 0.303 e. The van der Waals surface area contributed by atoms with E-state index in [1.54, 1.807) is 6.20 Å². The lowest BCUT2D eigenvalue weighted by Crippen LogP contribution is -2.40. The molecule has 1 aliphatic rings. The number of carbonyl (C=O) groups excluding carboxylic acids is 3. The fraction of sp³-hybridized carbons (Fsp3) is 0.333. The molecule has 4 atom stereocenters. The van der Waals surface area contributed by atoms with Gasteiger partial charge in [-0.15, -0.1) is 0 Å². The van der Waals surface area contributed by atoms with Crippen molar-refractivity contribution in [1.29, 1.82) is 0 Å². The summed E-state index contributed by atoms with van der Waals surface area (Å²) in [5.74, 6) is -0.877. The molecule has 1 saturated heterocycles. The molecule has 1 aliphatic heterocycles. The molecule has 0 N–H and O–H groups in total. The Morgan fingerprint density at radius 2 is 1.33 bits per heavy atom. The van der Waals surface area contributed by atoms with E-state index in [0.717, 1.165) is 16.9 Å². The summed E-state index contributed by atoms with van der Waals surface area (Å²) in [6.45, 7) is 4.94. The largest absolute Gasteiger partial charge is 0.463 e. The van der Waals surface area contributed by atoms with Gasteiger partial charge in [-0.05, 0) is 17.2 Å². The van der Waals surface area contributed by atoms with Gasteiger partial charge in [0.2, 0.25) is 0 Å². The van der Waals surface area contributed by atoms with Crippen molar-refractivity contribution in [2.75, 3.05) is 11.5 Å². The van der Waals surface area contributed by atoms with E-state index in [2.05, 4.69) is 29.2 Å². The Labute approximate surface area is 227 Å². The van der Waals surface area contributed by atoms with Crippen molar-refractivity contribution in [3.63, 3.8) is 0 Å². The van der Waals surface area contributed by atoms with E-state index in [1.807, 2.05) is 48.5 Å². The molecule has 4 rings (SSSR count). The number of hydrogen-bond donors (Lipinski definition) is 0. The zero-order valence-electron chi connectivity index (χ0n) is 22.2. The molecule has 1 aromatic heterocycles. The summed E-state index contributed by atoms with van der Waals surface area (Å²) in [5, 5.41) is 0. The third-order valence-electron chi connectivity index (χ3n) is 6.22. The van der Waals surface area contributed by atoms with Crippen LogP contribution < -0.4 is 4.90 Å². The molecule has 0 unspecified atom stereocenters. The molecule has 9 heteroatoms. The summed E-state index contributed by atoms with van der Waals surface area (Å²) in [4.78, 5) is 42.1. The van der Waals surface area contributed by atoms with Crippen LogP contribution in [0.3, 0.4) is 0 Å². The summed E-state index contributed by atoms with van der Waals surface area (Å²) >= 11 is 0. The Kier molecular flexibility index (Phi) is 9.27. The molecule has 39 heavy (non-hydrogen) atoms. The fourth-order valence-electron chi connectivity index (χ4n) is 4.56. The van der Waals surface area contributed by atoms with Crippen molar-refractivity contribution in [1.82, 2.24) is 4.98 Å². The molecule has 3 aromatic rings. The lowest BCUT2D eigenvalue weighted by atomic mass is 10.0. The Morgan fingerprint density at radius 1 is 0.769 bits per heavy atom. The molecule has 0 spiro atoms. The van der Waals surface area contributed by atoms with Crippen LogP contribution in [0.1, 0.15) is 43.6 Å². The van der Waals surface area contributed by atoms with Gasteiger partial charge in [-0.25, -0.2) is 4.98 Å². The number of nitrogens with zero attached hydrogens (tertiary/aromatic N) is 2. The number of esters is 3. The quantitative estimate of drug-likeness (QED) is 0.281. The van der Waals surface area contributed by atoms with Crippen LogP contribution in [0.15, 0.2) is 79.0 Å². The van der Waals surface area contributed by atoms with E-state index in [1.165, 1.54) is 20.8 Å². The molecule has 9 nitrogen and oxygen atoms in total. The number of benzene rings is 2. The summed E-state index contributed by atoms with van der Waals surface area (Å²) in [6, 6.07) is 24.0. The zero-order chi connectivity index (χ0) is 27.8. The van der Waals surface area contributed by atoms with Crippen LogP contribution in [0.2, 0.25) is 0 Å². The topological polar surface area (TPSA) is 104 Å². The van der Waals surface area contributed by atoms with Gasteiger partial charge in [-0.3, -0.25) is 14.4 Å². The van der Waals surface area contributed by atoms with Crippen LogP contribution in [0, 0.1) is 0 Å². The molecule has 0 bridgehead atoms. The highest BCUT2D eigenvalue weighted by atomic mass is 16.6. The molecular formula is C30H32N2O7. The number of pyridine rings is 1. The van der Waals surface area contributed by atoms with E-state index >= 15 is 0 Å². The number of rotatable bonds is 10. The lowest BCUT2D eigenvalue weighted by Gasteiger charge is -2.25. The Balaban J connectivity index is 1.61. The third-order valence-corrected chi connectivity index (χ3v) is 6.22. The first kappa shape index (κ1) is 27.8. The standard InChI is InChI=1S/C30H32N2O7/c1-20(33)36-19-26-29(37-21(2)34)30(38-22(3)35)28(39-26)25-14-15-27(31-16-25)32(17-23-10-6-4-7-11-23)18-24-12-8-5-9-13-24/h4-16,26,28-30H,17-19H2,1-3H3/t26-,28+,29-,30+/m1/s1. The van der Waals surface area contributed by atoms with Gasteiger partial charge in [-0.2, -0.15) is 0 Å². The summed E-state index contributed by atoms with van der Waals surface area (Å²) < 4.78 is 22.3. The maximum atomic E-state index is 11.9. The van der Waals surface area contributed by atoms with Gasteiger partial charge in [0.05, 0.1) is 0 Å². The van der Waals surface area contributed by atoms with E-state index in [4.69, 9.17) is 23.9 Å². The number of hydrogen-bond acceptors (Lipinski definition) is 9. The Bertz CT molecular complexity index is 1210. The highest BCUT2D eigenvalue weighted by Gasteiger charge is 2.50. The monoisotopic (exact) mass is 532 g/mol. The number of ether oxygens (including phenoxy) is 4. The highest BCUT2D eigenvalue weighted by molar-refractivity contribution is 5.68. The SMILES string of the molecule is CC(=O)OC[C@H]1O[C@@H](c2ccc(N(Cc3ccccc3)Cc3ccccc3)nc2)[C@H](OC(C)=O)[C@@H]1OC(C)=O. The first-order valence-corrected chi connectivity index (χ1v) is 12.7. The van der Waals surface area contributed by atoms with Gasteiger partial charge >= 0.3 is 17.9 Å². The zero-order valence-corrected chi connectivity index (χ0v) is 22.2. The summed E-state index contributed by atoms with van der Waals surface area (Å²) in [7, 11) is 0. The molecule has 2 heterocycles. The predicted molar refractivity (Wildman–Crippen MR) is 142 cm³/mol. The Hall–Kier alpha value is -4.24. The average Bonchev–Trinajstić information content (AvgIpc) is 3.24. The smallest absolute Gasteiger partial charge is 0.303 e. The van der Waals surface area contributed by atoms with Crippen LogP contribution >= 0.6 is 0 Å². The van der Waals surface area contributed by atoms with Crippen LogP contribution in [0.4, 0.5) is 5.82 Å². The van der Waals surface area contributed by atoms with Crippen LogP contribution in [0.5, 0.6) is 0 Å². The number of aromatic nitrogens is 1. The van der Waals surface area contributed by atoms with Crippen LogP contribution in [-0.2, 0) is 46.4 Å². The van der Waals surface area contributed by atoms with Crippen LogP contribution in [-0.4, -0.2) is 47.8 Å². The van der Waals surface area contributed by atoms with Crippen molar-refractivity contribution in [2.45, 2.75) is 58.3 Å². The van der Waals surface area contributed by atoms with E-state index in [9.17, 15) is 14.4 Å². The predicted octanol–water partition coefficient (Wildman–Crippen LogP) is 4.15. The van der Waals surface area contributed by atoms with Crippen molar-refractivity contribution in [2.24, 2.45) is 0 Å². The molecule has 2 aromatic carbocycles. The van der Waals surface area contributed by atoms with Crippen molar-refractivity contribution < 1.29 is 33.3 Å². The van der Waals surface area contributed by atoms with Gasteiger partial charge in [0.25, 0.3) is 0 Å². The summed E-state index contributed by atoms with van der Waals surface area (Å²) in [6.07, 6.45) is -1.83. The molecule has 0 saturated carbocycles. The van der Waals surface area contributed by atoms with Gasteiger partial charge < -0.3 is 23.8 Å². The molecule has 0 radical (unpaired) electrons. The van der Waals surface area contributed by atoms with Crippen molar-refractivity contribution in [3.8, 4) is 0 Å². The second-order valence-electron chi connectivity index (χ2n) is 9.32. The maximum absolute atomic E-state index is 11.9. The molecule has 0 aliphatic carbocycles. The van der Waals surface area contributed by atoms with Crippen LogP contribution in [0.25, 0.3) is 0 Å². The Morgan fingerprint density at radius 3 is 1.82 bits per heavy atom. The molecular weight excluding hydrogens is 500 g/mol. The first-order valence-electron chi connectivity index (χ1n) is 12.7. The molecule has 0 amide bonds. The second-order valence-corrected chi connectivity index (χ2v) is 9.32. The molecule has 1 fully saturated rings. The van der Waals surface area contributed by atoms with Crippen molar-refractivity contribution in [3.05, 3.63) is 95.7 Å². The minimum atomic E-state index is -0.955. The minimum absolute atomic E-state index is 0.158. The number of carbonyl (C=O) groups is 3. The number of anilines is 1. The van der Waals surface area contributed by atoms with E-state index in [0.29, 0.717) is 18.7 Å². The second kappa shape index (κ2) is 13.0. The third kappa shape index (κ3) is 7.64. The minimum Gasteiger partial charge on any atom is -0.463 e. The first-order chi connectivity index (χ1) is 18.8. The fourth-order valence-corrected chi connectivity index (χ4v) is 4.56. The molecule has 204 valence electrons. The van der Waals surface area contributed by atoms with Gasteiger partial charge in [0.1, 0.15) is 24.6 Å².